The van der Waals surface area contributed by atoms with E-state index in [1.807, 2.05) is 0 Å². The summed E-state index contributed by atoms with van der Waals surface area (Å²) in [6, 6.07) is 10.6. The van der Waals surface area contributed by atoms with Crippen molar-refractivity contribution in [1.82, 2.24) is 0 Å². The van der Waals surface area contributed by atoms with Gasteiger partial charge in [-0.2, -0.15) is 0 Å². The number of carbonyl (C=O) groups is 1. The van der Waals surface area contributed by atoms with Gasteiger partial charge in [0.25, 0.3) is 5.91 Å². The van der Waals surface area contributed by atoms with Crippen molar-refractivity contribution in [3.8, 4) is 5.75 Å². The summed E-state index contributed by atoms with van der Waals surface area (Å²) in [4.78, 5) is 12.1. The number of hydrogen-bond donors (Lipinski definition) is 2. The van der Waals surface area contributed by atoms with Crippen LogP contribution in [0, 0.1) is 0 Å². The number of ether oxygens (including phenoxy) is 1. The molecule has 7 nitrogen and oxygen atoms in total. The quantitative estimate of drug-likeness (QED) is 0.722. The van der Waals surface area contributed by atoms with Crippen LogP contribution >= 0.6 is 11.6 Å². The van der Waals surface area contributed by atoms with Gasteiger partial charge < -0.3 is 14.5 Å². The molecule has 0 bridgehead atoms. The lowest BCUT2D eigenvalue weighted by Gasteiger charge is -2.09. The van der Waals surface area contributed by atoms with Gasteiger partial charge in [-0.15, -0.1) is 0 Å². The molecule has 0 fully saturated rings. The van der Waals surface area contributed by atoms with E-state index in [9.17, 15) is 13.2 Å². The number of nitrogens with two attached hydrogens (primary N) is 1. The van der Waals surface area contributed by atoms with Crippen LogP contribution in [0.1, 0.15) is 10.6 Å². The second-order valence-electron chi connectivity index (χ2n) is 5.16. The molecular weight excluding hydrogens is 368 g/mol. The summed E-state index contributed by atoms with van der Waals surface area (Å²) in [7, 11) is -2.69. The smallest absolute Gasteiger partial charge is 0.291 e. The Morgan fingerprint density at radius 1 is 1.20 bits per heavy atom. The van der Waals surface area contributed by atoms with Crippen molar-refractivity contribution in [1.29, 1.82) is 0 Å². The van der Waals surface area contributed by atoms with Crippen molar-refractivity contribution < 1.29 is 22.4 Å². The molecule has 2 aromatic carbocycles. The number of primary sulfonamides is 1. The SMILES string of the molecule is COc1ccc(NC(=O)c2cc3cc(Cl)ccc3o2)cc1S(N)(=O)=O. The van der Waals surface area contributed by atoms with Crippen LogP contribution in [-0.2, 0) is 10.0 Å². The summed E-state index contributed by atoms with van der Waals surface area (Å²) in [5.74, 6) is -0.401. The maximum Gasteiger partial charge on any atom is 0.291 e. The standard InChI is InChI=1S/C16H13ClN2O5S/c1-23-13-5-3-11(8-15(13)25(18,21)22)19-16(20)14-7-9-6-10(17)2-4-12(9)24-14/h2-8H,1H3,(H,19,20)(H2,18,21,22). The Morgan fingerprint density at radius 2 is 1.96 bits per heavy atom. The maximum atomic E-state index is 12.3. The van der Waals surface area contributed by atoms with Crippen molar-refractivity contribution >= 4 is 44.2 Å². The monoisotopic (exact) mass is 380 g/mol. The molecule has 0 atom stereocenters. The minimum atomic E-state index is -4.01. The van der Waals surface area contributed by atoms with Gasteiger partial charge in [0.15, 0.2) is 5.76 Å². The van der Waals surface area contributed by atoms with E-state index in [1.54, 1.807) is 24.3 Å². The molecule has 0 aliphatic rings. The molecule has 1 amide bonds. The molecule has 3 N–H and O–H groups in total. The molecule has 0 aliphatic carbocycles. The number of hydrogen-bond acceptors (Lipinski definition) is 5. The number of furan rings is 1. The van der Waals surface area contributed by atoms with Gasteiger partial charge in [0.1, 0.15) is 16.2 Å². The van der Waals surface area contributed by atoms with Gasteiger partial charge in [0.05, 0.1) is 7.11 Å². The van der Waals surface area contributed by atoms with E-state index in [-0.39, 0.29) is 22.1 Å². The molecule has 0 saturated carbocycles. The summed E-state index contributed by atoms with van der Waals surface area (Å²) in [5.41, 5.74) is 0.739. The van der Waals surface area contributed by atoms with Crippen LogP contribution < -0.4 is 15.2 Å². The third-order valence-corrected chi connectivity index (χ3v) is 4.60. The highest BCUT2D eigenvalue weighted by atomic mass is 35.5. The zero-order valence-corrected chi connectivity index (χ0v) is 14.5. The Balaban J connectivity index is 1.92. The highest BCUT2D eigenvalue weighted by Gasteiger charge is 2.18. The Hall–Kier alpha value is -2.55. The fourth-order valence-corrected chi connectivity index (χ4v) is 3.20. The highest BCUT2D eigenvalue weighted by molar-refractivity contribution is 7.89. The molecule has 0 unspecified atom stereocenters. The normalized spacial score (nSPS) is 11.5. The summed E-state index contributed by atoms with van der Waals surface area (Å²) in [5, 5.41) is 8.91. The number of benzene rings is 2. The van der Waals surface area contributed by atoms with E-state index < -0.39 is 15.9 Å². The van der Waals surface area contributed by atoms with Gasteiger partial charge in [-0.05, 0) is 42.5 Å². The molecule has 3 aromatic rings. The van der Waals surface area contributed by atoms with Crippen LogP contribution in [0.25, 0.3) is 11.0 Å². The third kappa shape index (κ3) is 3.60. The van der Waals surface area contributed by atoms with Crippen molar-refractivity contribution in [2.75, 3.05) is 12.4 Å². The lowest BCUT2D eigenvalue weighted by Crippen LogP contribution is -2.15. The van der Waals surface area contributed by atoms with Crippen LogP contribution in [0.5, 0.6) is 5.75 Å². The third-order valence-electron chi connectivity index (χ3n) is 3.43. The average molecular weight is 381 g/mol. The second kappa shape index (κ2) is 6.40. The molecule has 1 heterocycles. The first-order valence-electron chi connectivity index (χ1n) is 6.99. The molecule has 0 aliphatic heterocycles. The van der Waals surface area contributed by atoms with Gasteiger partial charge in [0, 0.05) is 16.1 Å². The molecule has 25 heavy (non-hydrogen) atoms. The van der Waals surface area contributed by atoms with Crippen LogP contribution in [0.4, 0.5) is 5.69 Å². The number of nitrogens with one attached hydrogen (secondary N) is 1. The molecule has 0 saturated heterocycles. The van der Waals surface area contributed by atoms with Gasteiger partial charge >= 0.3 is 0 Å². The van der Waals surface area contributed by atoms with E-state index >= 15 is 0 Å². The van der Waals surface area contributed by atoms with Crippen LogP contribution in [-0.4, -0.2) is 21.4 Å². The topological polar surface area (TPSA) is 112 Å². The number of anilines is 1. The van der Waals surface area contributed by atoms with Crippen molar-refractivity contribution in [2.45, 2.75) is 4.90 Å². The molecule has 9 heteroatoms. The Morgan fingerprint density at radius 3 is 2.64 bits per heavy atom. The van der Waals surface area contributed by atoms with E-state index in [0.717, 1.165) is 0 Å². The number of halogens is 1. The zero-order valence-electron chi connectivity index (χ0n) is 12.9. The predicted octanol–water partition coefficient (Wildman–Crippen LogP) is 2.99. The lowest BCUT2D eigenvalue weighted by molar-refractivity contribution is 0.0998. The first kappa shape index (κ1) is 17.3. The highest BCUT2D eigenvalue weighted by Crippen LogP contribution is 2.27. The Labute approximate surface area is 148 Å². The number of fused-ring (bicyclic) bond motifs is 1. The fourth-order valence-electron chi connectivity index (χ4n) is 2.30. The summed E-state index contributed by atoms with van der Waals surface area (Å²) >= 11 is 5.90. The molecule has 130 valence electrons. The van der Waals surface area contributed by atoms with Crippen molar-refractivity contribution in [3.05, 3.63) is 53.2 Å². The average Bonchev–Trinajstić information content (AvgIpc) is 2.97. The van der Waals surface area contributed by atoms with Gasteiger partial charge in [0.2, 0.25) is 10.0 Å². The fraction of sp³-hybridized carbons (Fsp3) is 0.0625. The Bertz CT molecular complexity index is 1080. The number of rotatable bonds is 4. The minimum absolute atomic E-state index is 0.0604. The molecule has 0 spiro atoms. The van der Waals surface area contributed by atoms with Gasteiger partial charge in [-0.1, -0.05) is 11.6 Å². The van der Waals surface area contributed by atoms with E-state index in [0.29, 0.717) is 16.0 Å². The maximum absolute atomic E-state index is 12.3. The van der Waals surface area contributed by atoms with E-state index in [4.69, 9.17) is 25.9 Å². The predicted molar refractivity (Wildman–Crippen MR) is 93.5 cm³/mol. The molecule has 1 aromatic heterocycles. The van der Waals surface area contributed by atoms with Crippen LogP contribution in [0.2, 0.25) is 5.02 Å². The minimum Gasteiger partial charge on any atom is -0.495 e. The van der Waals surface area contributed by atoms with Gasteiger partial charge in [-0.3, -0.25) is 4.79 Å². The first-order valence-corrected chi connectivity index (χ1v) is 8.91. The van der Waals surface area contributed by atoms with Crippen molar-refractivity contribution in [3.63, 3.8) is 0 Å². The summed E-state index contributed by atoms with van der Waals surface area (Å²) < 4.78 is 33.7. The number of sulfonamides is 1. The summed E-state index contributed by atoms with van der Waals surface area (Å²) in [6.45, 7) is 0. The molecule has 0 radical (unpaired) electrons. The summed E-state index contributed by atoms with van der Waals surface area (Å²) in [6.07, 6.45) is 0. The lowest BCUT2D eigenvalue weighted by atomic mass is 10.2. The Kier molecular flexibility index (Phi) is 4.42. The van der Waals surface area contributed by atoms with Gasteiger partial charge in [-0.25, -0.2) is 13.6 Å². The number of carbonyl (C=O) groups excluding carboxylic acids is 1. The number of methoxy groups -OCH3 is 1. The van der Waals surface area contributed by atoms with Crippen LogP contribution in [0.3, 0.4) is 0 Å². The zero-order chi connectivity index (χ0) is 18.2. The first-order chi connectivity index (χ1) is 11.8. The van der Waals surface area contributed by atoms with E-state index in [1.165, 1.54) is 25.3 Å². The van der Waals surface area contributed by atoms with Crippen LogP contribution in [0.15, 0.2) is 51.8 Å². The molecule has 3 rings (SSSR count). The molecular formula is C16H13ClN2O5S. The van der Waals surface area contributed by atoms with Crippen molar-refractivity contribution in [2.24, 2.45) is 5.14 Å². The second-order valence-corrected chi connectivity index (χ2v) is 7.12. The van der Waals surface area contributed by atoms with E-state index in [2.05, 4.69) is 5.32 Å². The largest absolute Gasteiger partial charge is 0.495 e. The number of amides is 1.